The lowest BCUT2D eigenvalue weighted by Gasteiger charge is -2.19. The molecular weight excluding hydrogens is 202 g/mol. The number of rotatable bonds is 4. The van der Waals surface area contributed by atoms with Crippen LogP contribution in [0.1, 0.15) is 18.4 Å². The maximum atomic E-state index is 9.34. The summed E-state index contributed by atoms with van der Waals surface area (Å²) in [6.45, 7) is 4.73. The van der Waals surface area contributed by atoms with E-state index in [1.807, 2.05) is 25.1 Å². The Morgan fingerprint density at radius 1 is 1.38 bits per heavy atom. The lowest BCUT2D eigenvalue weighted by Crippen LogP contribution is -2.15. The SMILES string of the molecule is CCOc1ccccc1[C@H]1CNC[C@H]1CO. The molecule has 1 aliphatic heterocycles. The van der Waals surface area contributed by atoms with Crippen LogP contribution < -0.4 is 10.1 Å². The highest BCUT2D eigenvalue weighted by Gasteiger charge is 2.29. The Hall–Kier alpha value is -1.06. The van der Waals surface area contributed by atoms with Crippen molar-refractivity contribution in [2.45, 2.75) is 12.8 Å². The number of hydrogen-bond acceptors (Lipinski definition) is 3. The third-order valence-electron chi connectivity index (χ3n) is 3.19. The molecule has 0 amide bonds. The van der Waals surface area contributed by atoms with Crippen molar-refractivity contribution >= 4 is 0 Å². The molecule has 0 spiro atoms. The summed E-state index contributed by atoms with van der Waals surface area (Å²) in [5.74, 6) is 1.63. The summed E-state index contributed by atoms with van der Waals surface area (Å²) in [5.41, 5.74) is 1.22. The first-order valence-corrected chi connectivity index (χ1v) is 5.90. The van der Waals surface area contributed by atoms with Crippen molar-refractivity contribution in [1.82, 2.24) is 5.32 Å². The molecule has 3 heteroatoms. The van der Waals surface area contributed by atoms with E-state index < -0.39 is 0 Å². The van der Waals surface area contributed by atoms with E-state index in [1.165, 1.54) is 5.56 Å². The fraction of sp³-hybridized carbons (Fsp3) is 0.538. The van der Waals surface area contributed by atoms with Crippen LogP contribution in [0.5, 0.6) is 5.75 Å². The number of aliphatic hydroxyl groups is 1. The molecule has 0 bridgehead atoms. The summed E-state index contributed by atoms with van der Waals surface area (Å²) >= 11 is 0. The van der Waals surface area contributed by atoms with Gasteiger partial charge in [-0.05, 0) is 18.6 Å². The van der Waals surface area contributed by atoms with E-state index in [2.05, 4.69) is 11.4 Å². The summed E-state index contributed by atoms with van der Waals surface area (Å²) < 4.78 is 5.63. The Kier molecular flexibility index (Phi) is 3.80. The second-order valence-corrected chi connectivity index (χ2v) is 4.18. The fourth-order valence-electron chi connectivity index (χ4n) is 2.36. The molecule has 0 unspecified atom stereocenters. The summed E-state index contributed by atoms with van der Waals surface area (Å²) in [5, 5.41) is 12.7. The molecule has 0 radical (unpaired) electrons. The van der Waals surface area contributed by atoms with E-state index in [4.69, 9.17) is 4.74 Å². The molecule has 16 heavy (non-hydrogen) atoms. The maximum absolute atomic E-state index is 9.34. The fourth-order valence-corrected chi connectivity index (χ4v) is 2.36. The second kappa shape index (κ2) is 5.32. The number of ether oxygens (including phenoxy) is 1. The molecule has 1 aromatic rings. The number of nitrogens with one attached hydrogen (secondary N) is 1. The van der Waals surface area contributed by atoms with Gasteiger partial charge in [-0.25, -0.2) is 0 Å². The highest BCUT2D eigenvalue weighted by molar-refractivity contribution is 5.37. The molecule has 2 rings (SSSR count). The van der Waals surface area contributed by atoms with Crippen molar-refractivity contribution in [3.05, 3.63) is 29.8 Å². The number of hydrogen-bond donors (Lipinski definition) is 2. The van der Waals surface area contributed by atoms with Crippen LogP contribution in [-0.2, 0) is 0 Å². The van der Waals surface area contributed by atoms with E-state index in [1.54, 1.807) is 0 Å². The molecule has 2 atom stereocenters. The molecule has 3 nitrogen and oxygen atoms in total. The second-order valence-electron chi connectivity index (χ2n) is 4.18. The molecule has 0 aliphatic carbocycles. The van der Waals surface area contributed by atoms with Gasteiger partial charge in [-0.3, -0.25) is 0 Å². The van der Waals surface area contributed by atoms with E-state index in [9.17, 15) is 5.11 Å². The van der Waals surface area contributed by atoms with Crippen LogP contribution in [0.2, 0.25) is 0 Å². The Morgan fingerprint density at radius 2 is 2.19 bits per heavy atom. The first-order chi connectivity index (χ1) is 7.86. The molecule has 1 saturated heterocycles. The van der Waals surface area contributed by atoms with Gasteiger partial charge >= 0.3 is 0 Å². The molecule has 2 N–H and O–H groups in total. The first kappa shape index (κ1) is 11.4. The third-order valence-corrected chi connectivity index (χ3v) is 3.19. The van der Waals surface area contributed by atoms with Crippen LogP contribution in [0, 0.1) is 5.92 Å². The molecule has 0 saturated carbocycles. The topological polar surface area (TPSA) is 41.5 Å². The summed E-state index contributed by atoms with van der Waals surface area (Å²) in [7, 11) is 0. The Labute approximate surface area is 96.4 Å². The average molecular weight is 221 g/mol. The van der Waals surface area contributed by atoms with Gasteiger partial charge in [-0.2, -0.15) is 0 Å². The zero-order valence-corrected chi connectivity index (χ0v) is 9.65. The normalized spacial score (nSPS) is 24.6. The van der Waals surface area contributed by atoms with Crippen LogP contribution in [0.15, 0.2) is 24.3 Å². The summed E-state index contributed by atoms with van der Waals surface area (Å²) in [6, 6.07) is 8.13. The minimum absolute atomic E-state index is 0.234. The lowest BCUT2D eigenvalue weighted by molar-refractivity contribution is 0.224. The lowest BCUT2D eigenvalue weighted by atomic mass is 9.89. The van der Waals surface area contributed by atoms with Gasteiger partial charge in [0.25, 0.3) is 0 Å². The van der Waals surface area contributed by atoms with Gasteiger partial charge in [0.05, 0.1) is 6.61 Å². The Bertz CT molecular complexity index is 340. The quantitative estimate of drug-likeness (QED) is 0.807. The van der Waals surface area contributed by atoms with Crippen LogP contribution >= 0.6 is 0 Å². The van der Waals surface area contributed by atoms with Gasteiger partial charge in [-0.1, -0.05) is 18.2 Å². The maximum Gasteiger partial charge on any atom is 0.122 e. The minimum Gasteiger partial charge on any atom is -0.494 e. The predicted molar refractivity (Wildman–Crippen MR) is 63.8 cm³/mol. The minimum atomic E-state index is 0.234. The van der Waals surface area contributed by atoms with Gasteiger partial charge in [0.1, 0.15) is 5.75 Å². The summed E-state index contributed by atoms with van der Waals surface area (Å²) in [6.07, 6.45) is 0. The van der Waals surface area contributed by atoms with Crippen LogP contribution in [0.25, 0.3) is 0 Å². The molecule has 0 aromatic heterocycles. The van der Waals surface area contributed by atoms with E-state index in [0.29, 0.717) is 18.4 Å². The van der Waals surface area contributed by atoms with Gasteiger partial charge in [0.2, 0.25) is 0 Å². The summed E-state index contributed by atoms with van der Waals surface area (Å²) in [4.78, 5) is 0. The van der Waals surface area contributed by atoms with Crippen molar-refractivity contribution in [1.29, 1.82) is 0 Å². The Morgan fingerprint density at radius 3 is 2.94 bits per heavy atom. The van der Waals surface area contributed by atoms with Crippen LogP contribution in [0.4, 0.5) is 0 Å². The molecule has 1 fully saturated rings. The zero-order chi connectivity index (χ0) is 11.4. The number of aliphatic hydroxyl groups excluding tert-OH is 1. The van der Waals surface area contributed by atoms with E-state index in [0.717, 1.165) is 18.8 Å². The van der Waals surface area contributed by atoms with Crippen LogP contribution in [0.3, 0.4) is 0 Å². The average Bonchev–Trinajstić information content (AvgIpc) is 2.78. The van der Waals surface area contributed by atoms with Crippen molar-refractivity contribution in [3.63, 3.8) is 0 Å². The smallest absolute Gasteiger partial charge is 0.122 e. The molecule has 1 heterocycles. The van der Waals surface area contributed by atoms with Gasteiger partial charge < -0.3 is 15.2 Å². The van der Waals surface area contributed by atoms with Gasteiger partial charge in [-0.15, -0.1) is 0 Å². The zero-order valence-electron chi connectivity index (χ0n) is 9.65. The molecule has 88 valence electrons. The monoisotopic (exact) mass is 221 g/mol. The van der Waals surface area contributed by atoms with Crippen molar-refractivity contribution in [3.8, 4) is 5.75 Å². The highest BCUT2D eigenvalue weighted by atomic mass is 16.5. The van der Waals surface area contributed by atoms with Crippen molar-refractivity contribution < 1.29 is 9.84 Å². The molecule has 1 aliphatic rings. The van der Waals surface area contributed by atoms with E-state index in [-0.39, 0.29) is 6.61 Å². The molecular formula is C13H19NO2. The predicted octanol–water partition coefficient (Wildman–Crippen LogP) is 1.38. The Balaban J connectivity index is 2.24. The number of benzene rings is 1. The number of para-hydroxylation sites is 1. The van der Waals surface area contributed by atoms with Crippen molar-refractivity contribution in [2.75, 3.05) is 26.3 Å². The largest absolute Gasteiger partial charge is 0.494 e. The van der Waals surface area contributed by atoms with Crippen molar-refractivity contribution in [2.24, 2.45) is 5.92 Å². The standard InChI is InChI=1S/C13H19NO2/c1-2-16-13-6-4-3-5-11(13)12-8-14-7-10(12)9-15/h3-6,10,12,14-15H,2,7-9H2,1H3/t10-,12-/m0/s1. The van der Waals surface area contributed by atoms with E-state index >= 15 is 0 Å². The highest BCUT2D eigenvalue weighted by Crippen LogP contribution is 2.33. The first-order valence-electron chi connectivity index (χ1n) is 5.90. The molecule has 1 aromatic carbocycles. The van der Waals surface area contributed by atoms with Gasteiger partial charge in [0.15, 0.2) is 0 Å². The third kappa shape index (κ3) is 2.20. The van der Waals surface area contributed by atoms with Crippen LogP contribution in [-0.4, -0.2) is 31.4 Å². The van der Waals surface area contributed by atoms with Gasteiger partial charge in [0, 0.05) is 31.5 Å².